The summed E-state index contributed by atoms with van der Waals surface area (Å²) in [4.78, 5) is -0.609. The van der Waals surface area contributed by atoms with Crippen LogP contribution >= 0.6 is 12.0 Å². The summed E-state index contributed by atoms with van der Waals surface area (Å²) in [5.74, 6) is -5.87. The minimum atomic E-state index is -1.70. The van der Waals surface area contributed by atoms with Crippen LogP contribution in [0.5, 0.6) is 5.75 Å². The van der Waals surface area contributed by atoms with Crippen LogP contribution in [0, 0.1) is 17.5 Å². The van der Waals surface area contributed by atoms with Gasteiger partial charge in [0.25, 0.3) is 0 Å². The largest absolute Gasteiger partial charge is 0.503 e. The Morgan fingerprint density at radius 3 is 2.25 bits per heavy atom. The van der Waals surface area contributed by atoms with E-state index in [2.05, 4.69) is 0 Å². The van der Waals surface area contributed by atoms with Crippen LogP contribution < -0.4 is 0 Å². The van der Waals surface area contributed by atoms with Crippen LogP contribution in [0.15, 0.2) is 11.0 Å². The lowest BCUT2D eigenvalue weighted by Gasteiger charge is -2.01. The maximum atomic E-state index is 12.6. The molecule has 0 atom stereocenters. The molecule has 0 unspecified atom stereocenters. The van der Waals surface area contributed by atoms with E-state index in [-0.39, 0.29) is 12.0 Å². The van der Waals surface area contributed by atoms with Gasteiger partial charge in [-0.3, -0.25) is 0 Å². The summed E-state index contributed by atoms with van der Waals surface area (Å²) in [6.45, 7) is 0. The lowest BCUT2D eigenvalue weighted by molar-refractivity contribution is 0.369. The van der Waals surface area contributed by atoms with Gasteiger partial charge in [0.15, 0.2) is 17.4 Å². The Labute approximate surface area is 69.8 Å². The molecule has 0 fully saturated rings. The molecule has 1 aromatic rings. The van der Waals surface area contributed by atoms with Gasteiger partial charge < -0.3 is 9.66 Å². The van der Waals surface area contributed by atoms with E-state index in [0.717, 1.165) is 0 Å². The summed E-state index contributed by atoms with van der Waals surface area (Å²) in [6.07, 6.45) is 0. The average Bonchev–Trinajstić information content (AvgIpc) is 2.08. The van der Waals surface area contributed by atoms with Crippen molar-refractivity contribution in [1.29, 1.82) is 0 Å². The van der Waals surface area contributed by atoms with Crippen molar-refractivity contribution in [3.05, 3.63) is 23.5 Å². The van der Waals surface area contributed by atoms with E-state index >= 15 is 0 Å². The second kappa shape index (κ2) is 3.24. The summed E-state index contributed by atoms with van der Waals surface area (Å²) in [5.41, 5.74) is 0. The number of rotatable bonds is 1. The molecule has 0 radical (unpaired) electrons. The third-order valence-electron chi connectivity index (χ3n) is 1.20. The normalized spacial score (nSPS) is 10.3. The smallest absolute Gasteiger partial charge is 0.204 e. The number of hydrogen-bond acceptors (Lipinski definition) is 3. The van der Waals surface area contributed by atoms with Crippen LogP contribution in [0.3, 0.4) is 0 Å². The summed E-state index contributed by atoms with van der Waals surface area (Å²) < 4.78 is 45.8. The van der Waals surface area contributed by atoms with Crippen molar-refractivity contribution in [3.8, 4) is 5.75 Å². The van der Waals surface area contributed by atoms with Crippen molar-refractivity contribution in [1.82, 2.24) is 0 Å². The number of hydrogen-bond donors (Lipinski definition) is 2. The molecule has 0 saturated carbocycles. The number of benzene rings is 1. The molecule has 0 heterocycles. The lowest BCUT2D eigenvalue weighted by Crippen LogP contribution is -1.91. The van der Waals surface area contributed by atoms with E-state index < -0.39 is 28.1 Å². The number of halogens is 3. The third kappa shape index (κ3) is 1.35. The maximum absolute atomic E-state index is 12.6. The van der Waals surface area contributed by atoms with Crippen molar-refractivity contribution < 1.29 is 22.8 Å². The van der Waals surface area contributed by atoms with Crippen LogP contribution in [-0.2, 0) is 0 Å². The quantitative estimate of drug-likeness (QED) is 0.535. The summed E-state index contributed by atoms with van der Waals surface area (Å²) >= 11 is -0.134. The Hall–Kier alpha value is -0.880. The molecule has 66 valence electrons. The van der Waals surface area contributed by atoms with Crippen LogP contribution in [0.25, 0.3) is 0 Å². The van der Waals surface area contributed by atoms with E-state index in [1.54, 1.807) is 0 Å². The van der Waals surface area contributed by atoms with Gasteiger partial charge in [-0.15, -0.1) is 0 Å². The molecule has 6 heteroatoms. The predicted molar refractivity (Wildman–Crippen MR) is 36.5 cm³/mol. The fraction of sp³-hybridized carbons (Fsp3) is 0. The van der Waals surface area contributed by atoms with Gasteiger partial charge in [0.1, 0.15) is 0 Å². The zero-order valence-corrected chi connectivity index (χ0v) is 6.33. The van der Waals surface area contributed by atoms with E-state index in [1.807, 2.05) is 0 Å². The second-order valence-corrected chi connectivity index (χ2v) is 2.55. The fourth-order valence-corrected chi connectivity index (χ4v) is 0.956. The van der Waals surface area contributed by atoms with E-state index in [0.29, 0.717) is 6.07 Å². The Morgan fingerprint density at radius 1 is 1.17 bits per heavy atom. The first kappa shape index (κ1) is 9.21. The maximum Gasteiger partial charge on any atom is 0.204 e. The first-order valence-corrected chi connectivity index (χ1v) is 3.53. The average molecular weight is 196 g/mol. The van der Waals surface area contributed by atoms with Crippen molar-refractivity contribution in [2.75, 3.05) is 0 Å². The molecular weight excluding hydrogens is 193 g/mol. The first-order valence-electron chi connectivity index (χ1n) is 2.75. The monoisotopic (exact) mass is 196 g/mol. The van der Waals surface area contributed by atoms with Crippen LogP contribution in [0.2, 0.25) is 0 Å². The lowest BCUT2D eigenvalue weighted by atomic mass is 10.3. The van der Waals surface area contributed by atoms with Gasteiger partial charge in [-0.1, -0.05) is 0 Å². The molecule has 1 aromatic carbocycles. The Bertz CT molecular complexity index is 316. The highest BCUT2D eigenvalue weighted by Gasteiger charge is 2.17. The zero-order valence-electron chi connectivity index (χ0n) is 5.51. The topological polar surface area (TPSA) is 40.5 Å². The predicted octanol–water partition coefficient (Wildman–Crippen LogP) is 2.37. The van der Waals surface area contributed by atoms with Crippen LogP contribution in [-0.4, -0.2) is 9.66 Å². The highest BCUT2D eigenvalue weighted by atomic mass is 32.2. The first-order chi connectivity index (χ1) is 5.57. The molecule has 0 bridgehead atoms. The molecule has 0 aromatic heterocycles. The minimum absolute atomic E-state index is 0.134. The van der Waals surface area contributed by atoms with Crippen molar-refractivity contribution >= 4 is 12.0 Å². The fourth-order valence-electron chi connectivity index (χ4n) is 0.630. The van der Waals surface area contributed by atoms with Crippen LogP contribution in [0.1, 0.15) is 0 Å². The van der Waals surface area contributed by atoms with E-state index in [9.17, 15) is 13.2 Å². The minimum Gasteiger partial charge on any atom is -0.503 e. The third-order valence-corrected chi connectivity index (χ3v) is 1.69. The molecule has 0 spiro atoms. The molecule has 12 heavy (non-hydrogen) atoms. The second-order valence-electron chi connectivity index (χ2n) is 1.92. The Balaban J connectivity index is 3.39. The van der Waals surface area contributed by atoms with Gasteiger partial charge in [-0.25, -0.2) is 8.78 Å². The zero-order chi connectivity index (χ0) is 9.30. The van der Waals surface area contributed by atoms with Gasteiger partial charge in [-0.05, 0) is 6.07 Å². The number of phenols is 1. The van der Waals surface area contributed by atoms with Gasteiger partial charge in [-0.2, -0.15) is 4.39 Å². The van der Waals surface area contributed by atoms with Gasteiger partial charge in [0.2, 0.25) is 5.82 Å². The molecule has 0 aliphatic heterocycles. The SMILES string of the molecule is OSc1cc(F)c(O)c(F)c1F. The van der Waals surface area contributed by atoms with Crippen molar-refractivity contribution in [2.24, 2.45) is 0 Å². The standard InChI is InChI=1S/C6H3F3O2S/c7-2-1-3(12-11)4(8)5(9)6(2)10/h1,10-11H. The molecule has 1 rings (SSSR count). The molecular formula is C6H3F3O2S. The number of aromatic hydroxyl groups is 1. The molecule has 0 amide bonds. The number of phenolic OH excluding ortho intramolecular Hbond substituents is 1. The van der Waals surface area contributed by atoms with E-state index in [4.69, 9.17) is 9.66 Å². The molecule has 0 aliphatic carbocycles. The van der Waals surface area contributed by atoms with Gasteiger partial charge in [0.05, 0.1) is 4.90 Å². The van der Waals surface area contributed by atoms with Crippen molar-refractivity contribution in [2.45, 2.75) is 4.90 Å². The molecule has 2 nitrogen and oxygen atoms in total. The van der Waals surface area contributed by atoms with E-state index in [1.165, 1.54) is 0 Å². The molecule has 0 aliphatic rings. The molecule has 2 N–H and O–H groups in total. The van der Waals surface area contributed by atoms with Crippen LogP contribution in [0.4, 0.5) is 13.2 Å². The summed E-state index contributed by atoms with van der Waals surface area (Å²) in [7, 11) is 0. The summed E-state index contributed by atoms with van der Waals surface area (Å²) in [5, 5.41) is 8.53. The van der Waals surface area contributed by atoms with Crippen molar-refractivity contribution in [3.63, 3.8) is 0 Å². The van der Waals surface area contributed by atoms with Gasteiger partial charge in [0, 0.05) is 12.0 Å². The highest BCUT2D eigenvalue weighted by molar-refractivity contribution is 7.93. The molecule has 0 saturated heterocycles. The van der Waals surface area contributed by atoms with Gasteiger partial charge >= 0.3 is 0 Å². The summed E-state index contributed by atoms with van der Waals surface area (Å²) in [6, 6.07) is 0.498. The Kier molecular flexibility index (Phi) is 2.49. The Morgan fingerprint density at radius 2 is 1.75 bits per heavy atom. The highest BCUT2D eigenvalue weighted by Crippen LogP contribution is 2.29.